The van der Waals surface area contributed by atoms with Gasteiger partial charge in [-0.05, 0) is 18.2 Å². The summed E-state index contributed by atoms with van der Waals surface area (Å²) in [6.45, 7) is 0. The van der Waals surface area contributed by atoms with Crippen molar-refractivity contribution in [1.29, 1.82) is 0 Å². The van der Waals surface area contributed by atoms with Gasteiger partial charge in [-0.15, -0.1) is 12.4 Å². The Hall–Kier alpha value is -0.650. The third kappa shape index (κ3) is 3.44. The van der Waals surface area contributed by atoms with Crippen LogP contribution in [0.15, 0.2) is 18.2 Å². The van der Waals surface area contributed by atoms with E-state index in [1.165, 1.54) is 12.1 Å². The van der Waals surface area contributed by atoms with Gasteiger partial charge in [-0.25, -0.2) is 0 Å². The zero-order chi connectivity index (χ0) is 10.9. The standard InChI is InChI=1S/C8H8ClF3N2.ClH/c9-4-1-2-6(13)5(3-4)7(14)8(10,11)12;/h1-3,7H,13-14H2;1H/t7-;/m1./s1. The molecule has 0 radical (unpaired) electrons. The fourth-order valence-corrected chi connectivity index (χ4v) is 1.17. The van der Waals surface area contributed by atoms with Crippen LogP contribution < -0.4 is 11.5 Å². The normalized spacial score (nSPS) is 13.1. The molecular formula is C8H9Cl2F3N2. The predicted molar refractivity (Wildman–Crippen MR) is 56.1 cm³/mol. The quantitative estimate of drug-likeness (QED) is 0.763. The average Bonchev–Trinajstić information content (AvgIpc) is 2.06. The molecule has 0 saturated carbocycles. The maximum absolute atomic E-state index is 12.2. The van der Waals surface area contributed by atoms with Crippen molar-refractivity contribution >= 4 is 29.7 Å². The molecule has 0 fully saturated rings. The van der Waals surface area contributed by atoms with E-state index >= 15 is 0 Å². The van der Waals surface area contributed by atoms with Gasteiger partial charge in [0, 0.05) is 16.3 Å². The summed E-state index contributed by atoms with van der Waals surface area (Å²) in [4.78, 5) is 0. The number of benzene rings is 1. The van der Waals surface area contributed by atoms with Crippen molar-refractivity contribution < 1.29 is 13.2 Å². The molecular weight excluding hydrogens is 252 g/mol. The van der Waals surface area contributed by atoms with E-state index in [1.54, 1.807) is 0 Å². The molecule has 0 aliphatic heterocycles. The van der Waals surface area contributed by atoms with Crippen molar-refractivity contribution in [1.82, 2.24) is 0 Å². The molecule has 15 heavy (non-hydrogen) atoms. The number of anilines is 1. The molecule has 1 aromatic carbocycles. The van der Waals surface area contributed by atoms with Gasteiger partial charge in [0.05, 0.1) is 0 Å². The molecule has 4 N–H and O–H groups in total. The van der Waals surface area contributed by atoms with Gasteiger partial charge in [-0.2, -0.15) is 13.2 Å². The van der Waals surface area contributed by atoms with Crippen LogP contribution in [-0.4, -0.2) is 6.18 Å². The molecule has 1 rings (SSSR count). The van der Waals surface area contributed by atoms with Gasteiger partial charge in [0.15, 0.2) is 0 Å². The van der Waals surface area contributed by atoms with E-state index in [1.807, 2.05) is 0 Å². The van der Waals surface area contributed by atoms with Crippen LogP contribution in [0, 0.1) is 0 Å². The molecule has 0 heterocycles. The molecule has 1 atom stereocenters. The van der Waals surface area contributed by atoms with Crippen LogP contribution in [-0.2, 0) is 0 Å². The van der Waals surface area contributed by atoms with Crippen LogP contribution in [0.4, 0.5) is 18.9 Å². The van der Waals surface area contributed by atoms with Gasteiger partial charge in [0.2, 0.25) is 0 Å². The first-order valence-electron chi connectivity index (χ1n) is 3.69. The number of nitrogens with two attached hydrogens (primary N) is 2. The Morgan fingerprint density at radius 1 is 1.27 bits per heavy atom. The summed E-state index contributed by atoms with van der Waals surface area (Å²) < 4.78 is 36.7. The Bertz CT molecular complexity index is 341. The summed E-state index contributed by atoms with van der Waals surface area (Å²) in [5.74, 6) is 0. The molecule has 0 saturated heterocycles. The van der Waals surface area contributed by atoms with Gasteiger partial charge in [-0.1, -0.05) is 11.6 Å². The van der Waals surface area contributed by atoms with Crippen molar-refractivity contribution in [2.75, 3.05) is 5.73 Å². The third-order valence-electron chi connectivity index (χ3n) is 1.74. The summed E-state index contributed by atoms with van der Waals surface area (Å²) in [6.07, 6.45) is -4.52. The summed E-state index contributed by atoms with van der Waals surface area (Å²) in [5.41, 5.74) is 10.1. The Balaban J connectivity index is 0.00000196. The van der Waals surface area contributed by atoms with Gasteiger partial charge < -0.3 is 11.5 Å². The lowest BCUT2D eigenvalue weighted by molar-refractivity contribution is -0.149. The third-order valence-corrected chi connectivity index (χ3v) is 1.97. The first kappa shape index (κ1) is 14.3. The smallest absolute Gasteiger partial charge is 0.398 e. The van der Waals surface area contributed by atoms with E-state index in [0.29, 0.717) is 0 Å². The van der Waals surface area contributed by atoms with Crippen molar-refractivity contribution in [3.05, 3.63) is 28.8 Å². The van der Waals surface area contributed by atoms with E-state index in [9.17, 15) is 13.2 Å². The zero-order valence-electron chi connectivity index (χ0n) is 7.38. The molecule has 0 bridgehead atoms. The number of halogens is 5. The van der Waals surface area contributed by atoms with Crippen LogP contribution in [0.25, 0.3) is 0 Å². The summed E-state index contributed by atoms with van der Waals surface area (Å²) in [7, 11) is 0. The van der Waals surface area contributed by atoms with Gasteiger partial charge in [0.25, 0.3) is 0 Å². The number of nitrogen functional groups attached to an aromatic ring is 1. The van der Waals surface area contributed by atoms with Gasteiger partial charge in [-0.3, -0.25) is 0 Å². The molecule has 0 spiro atoms. The van der Waals surface area contributed by atoms with Crippen LogP contribution in [0.1, 0.15) is 11.6 Å². The Kier molecular flexibility index (Phi) is 4.70. The van der Waals surface area contributed by atoms with Crippen molar-refractivity contribution in [2.45, 2.75) is 12.2 Å². The minimum atomic E-state index is -4.52. The highest BCUT2D eigenvalue weighted by Crippen LogP contribution is 2.34. The first-order valence-corrected chi connectivity index (χ1v) is 4.07. The predicted octanol–water partition coefficient (Wildman–Crippen LogP) is 2.91. The van der Waals surface area contributed by atoms with E-state index in [4.69, 9.17) is 23.1 Å². The first-order chi connectivity index (χ1) is 6.32. The second-order valence-corrected chi connectivity index (χ2v) is 3.23. The highest BCUT2D eigenvalue weighted by atomic mass is 35.5. The molecule has 0 aromatic heterocycles. The SMILES string of the molecule is Cl.Nc1ccc(Cl)cc1[C@@H](N)C(F)(F)F. The monoisotopic (exact) mass is 260 g/mol. The van der Waals surface area contributed by atoms with Crippen LogP contribution >= 0.6 is 24.0 Å². The maximum Gasteiger partial charge on any atom is 0.407 e. The van der Waals surface area contributed by atoms with Crippen LogP contribution in [0.5, 0.6) is 0 Å². The largest absolute Gasteiger partial charge is 0.407 e. The molecule has 7 heteroatoms. The molecule has 0 unspecified atom stereocenters. The van der Waals surface area contributed by atoms with Gasteiger partial charge in [0.1, 0.15) is 6.04 Å². The number of hydrogen-bond donors (Lipinski definition) is 2. The van der Waals surface area contributed by atoms with E-state index < -0.39 is 12.2 Å². The van der Waals surface area contributed by atoms with Crippen LogP contribution in [0.2, 0.25) is 5.02 Å². The van der Waals surface area contributed by atoms with E-state index in [2.05, 4.69) is 0 Å². The molecule has 86 valence electrons. The Morgan fingerprint density at radius 2 is 1.80 bits per heavy atom. The molecule has 0 amide bonds. The molecule has 0 aliphatic carbocycles. The highest BCUT2D eigenvalue weighted by Gasteiger charge is 2.38. The lowest BCUT2D eigenvalue weighted by Crippen LogP contribution is -2.29. The summed E-state index contributed by atoms with van der Waals surface area (Å²) >= 11 is 5.53. The minimum absolute atomic E-state index is 0. The van der Waals surface area contributed by atoms with Crippen molar-refractivity contribution in [3.8, 4) is 0 Å². The number of alkyl halides is 3. The van der Waals surface area contributed by atoms with Crippen molar-refractivity contribution in [2.24, 2.45) is 5.73 Å². The summed E-state index contributed by atoms with van der Waals surface area (Å²) in [6, 6.07) is 1.73. The Labute approximate surface area is 95.8 Å². The molecule has 2 nitrogen and oxygen atoms in total. The second-order valence-electron chi connectivity index (χ2n) is 2.79. The maximum atomic E-state index is 12.2. The lowest BCUT2D eigenvalue weighted by atomic mass is 10.1. The second kappa shape index (κ2) is 4.92. The summed E-state index contributed by atoms with van der Waals surface area (Å²) in [5, 5.41) is 0.175. The molecule has 1 aromatic rings. The lowest BCUT2D eigenvalue weighted by Gasteiger charge is -2.17. The minimum Gasteiger partial charge on any atom is -0.398 e. The topological polar surface area (TPSA) is 52.0 Å². The average molecular weight is 261 g/mol. The van der Waals surface area contributed by atoms with Gasteiger partial charge >= 0.3 is 6.18 Å². The van der Waals surface area contributed by atoms with Crippen molar-refractivity contribution in [3.63, 3.8) is 0 Å². The fourth-order valence-electron chi connectivity index (χ4n) is 0.991. The fraction of sp³-hybridized carbons (Fsp3) is 0.250. The zero-order valence-corrected chi connectivity index (χ0v) is 8.96. The van der Waals surface area contributed by atoms with E-state index in [0.717, 1.165) is 6.07 Å². The molecule has 0 aliphatic rings. The van der Waals surface area contributed by atoms with Crippen LogP contribution in [0.3, 0.4) is 0 Å². The number of rotatable bonds is 1. The Morgan fingerprint density at radius 3 is 2.27 bits per heavy atom. The number of hydrogen-bond acceptors (Lipinski definition) is 2. The van der Waals surface area contributed by atoms with E-state index in [-0.39, 0.29) is 28.7 Å². The highest BCUT2D eigenvalue weighted by molar-refractivity contribution is 6.30.